The normalized spacial score (nSPS) is 12.8. The van der Waals surface area contributed by atoms with Gasteiger partial charge in [-0.05, 0) is 107 Å². The van der Waals surface area contributed by atoms with Gasteiger partial charge in [-0.3, -0.25) is 0 Å². The summed E-state index contributed by atoms with van der Waals surface area (Å²) in [5.41, 5.74) is 15.7. The molecule has 0 amide bonds. The quantitative estimate of drug-likeness (QED) is 0.154. The predicted molar refractivity (Wildman–Crippen MR) is 248 cm³/mol. The zero-order chi connectivity index (χ0) is 38.8. The molecule has 0 saturated carbocycles. The van der Waals surface area contributed by atoms with Gasteiger partial charge in [0, 0.05) is 27.7 Å². The van der Waals surface area contributed by atoms with Gasteiger partial charge in [-0.25, -0.2) is 0 Å². The Morgan fingerprint density at radius 2 is 0.776 bits per heavy atom. The Kier molecular flexibility index (Phi) is 7.91. The van der Waals surface area contributed by atoms with E-state index in [9.17, 15) is 0 Å². The molecule has 1 heteroatoms. The average Bonchev–Trinajstić information content (AvgIpc) is 3.52. The van der Waals surface area contributed by atoms with E-state index >= 15 is 0 Å². The molecule has 58 heavy (non-hydrogen) atoms. The van der Waals surface area contributed by atoms with Crippen LogP contribution >= 0.6 is 0 Å². The first-order valence-corrected chi connectivity index (χ1v) is 20.3. The van der Waals surface area contributed by atoms with E-state index in [2.05, 4.69) is 231 Å². The average molecular weight is 740 g/mol. The highest BCUT2D eigenvalue weighted by Crippen LogP contribution is 2.54. The van der Waals surface area contributed by atoms with Gasteiger partial charge in [-0.2, -0.15) is 0 Å². The van der Waals surface area contributed by atoms with E-state index in [1.54, 1.807) is 0 Å². The monoisotopic (exact) mass is 739 g/mol. The number of nitrogens with zero attached hydrogens (tertiary/aromatic N) is 1. The fourth-order valence-electron chi connectivity index (χ4n) is 9.63. The molecule has 10 aromatic carbocycles. The van der Waals surface area contributed by atoms with Crippen molar-refractivity contribution in [3.63, 3.8) is 0 Å². The van der Waals surface area contributed by atoms with Crippen LogP contribution in [-0.2, 0) is 5.41 Å². The number of hydrogen-bond acceptors (Lipinski definition) is 1. The molecular formula is C57H41N. The SMILES string of the molecule is CC1(C)c2ccccc2-c2ccc(N(c3cc(-c4ccccc4)cc(-c4ccccc4)c3)c3c(-c4ccccc4)ccc4c5ccccc5c5ccccc5c34)cc21. The number of fused-ring (bicyclic) bond motifs is 9. The fraction of sp³-hybridized carbons (Fsp3) is 0.0526. The summed E-state index contributed by atoms with van der Waals surface area (Å²) in [6, 6.07) is 78.4. The number of hydrogen-bond donors (Lipinski definition) is 0. The van der Waals surface area contributed by atoms with Crippen LogP contribution in [0.1, 0.15) is 25.0 Å². The summed E-state index contributed by atoms with van der Waals surface area (Å²) in [6.07, 6.45) is 0. The van der Waals surface area contributed by atoms with Crippen molar-refractivity contribution in [2.75, 3.05) is 4.90 Å². The largest absolute Gasteiger partial charge is 0.309 e. The molecule has 11 rings (SSSR count). The van der Waals surface area contributed by atoms with E-state index in [1.807, 2.05) is 0 Å². The van der Waals surface area contributed by atoms with Gasteiger partial charge in [0.1, 0.15) is 0 Å². The predicted octanol–water partition coefficient (Wildman–Crippen LogP) is 15.9. The van der Waals surface area contributed by atoms with E-state index in [0.29, 0.717) is 0 Å². The molecule has 0 aromatic heterocycles. The van der Waals surface area contributed by atoms with Gasteiger partial charge >= 0.3 is 0 Å². The van der Waals surface area contributed by atoms with Crippen LogP contribution in [-0.4, -0.2) is 0 Å². The Bertz CT molecular complexity index is 3090. The molecule has 0 unspecified atom stereocenters. The molecule has 0 radical (unpaired) electrons. The molecule has 274 valence electrons. The summed E-state index contributed by atoms with van der Waals surface area (Å²) in [4.78, 5) is 2.57. The molecular weight excluding hydrogens is 699 g/mol. The molecule has 0 bridgehead atoms. The van der Waals surface area contributed by atoms with E-state index in [1.165, 1.54) is 93.6 Å². The summed E-state index contributed by atoms with van der Waals surface area (Å²) in [7, 11) is 0. The lowest BCUT2D eigenvalue weighted by atomic mass is 9.82. The number of rotatable bonds is 6. The van der Waals surface area contributed by atoms with Gasteiger partial charge in [0.15, 0.2) is 0 Å². The molecule has 0 atom stereocenters. The molecule has 0 heterocycles. The van der Waals surface area contributed by atoms with Crippen molar-refractivity contribution in [1.29, 1.82) is 0 Å². The first-order chi connectivity index (χ1) is 28.5. The molecule has 0 N–H and O–H groups in total. The van der Waals surface area contributed by atoms with Gasteiger partial charge < -0.3 is 4.90 Å². The van der Waals surface area contributed by atoms with Gasteiger partial charge in [0.25, 0.3) is 0 Å². The molecule has 0 spiro atoms. The highest BCUT2D eigenvalue weighted by Gasteiger charge is 2.36. The number of anilines is 3. The van der Waals surface area contributed by atoms with Gasteiger partial charge in [-0.1, -0.05) is 196 Å². The Labute approximate surface area is 340 Å². The first kappa shape index (κ1) is 34.1. The van der Waals surface area contributed by atoms with Gasteiger partial charge in [0.05, 0.1) is 5.69 Å². The molecule has 0 aliphatic heterocycles. The Hall–Kier alpha value is -7.22. The van der Waals surface area contributed by atoms with Crippen molar-refractivity contribution in [2.24, 2.45) is 0 Å². The van der Waals surface area contributed by atoms with Crippen molar-refractivity contribution < 1.29 is 0 Å². The van der Waals surface area contributed by atoms with Gasteiger partial charge in [-0.15, -0.1) is 0 Å². The molecule has 10 aromatic rings. The third kappa shape index (κ3) is 5.39. The third-order valence-electron chi connectivity index (χ3n) is 12.4. The lowest BCUT2D eigenvalue weighted by molar-refractivity contribution is 0.660. The Balaban J connectivity index is 1.31. The van der Waals surface area contributed by atoms with Gasteiger partial charge in [0.2, 0.25) is 0 Å². The topological polar surface area (TPSA) is 3.24 Å². The molecule has 1 aliphatic rings. The molecule has 0 saturated heterocycles. The van der Waals surface area contributed by atoms with Crippen LogP contribution in [0.3, 0.4) is 0 Å². The summed E-state index contributed by atoms with van der Waals surface area (Å²) in [6.45, 7) is 4.75. The fourth-order valence-corrected chi connectivity index (χ4v) is 9.63. The summed E-state index contributed by atoms with van der Waals surface area (Å²) in [5.74, 6) is 0. The highest BCUT2D eigenvalue weighted by molar-refractivity contribution is 6.30. The second-order valence-corrected chi connectivity index (χ2v) is 16.1. The summed E-state index contributed by atoms with van der Waals surface area (Å²) < 4.78 is 0. The maximum absolute atomic E-state index is 2.57. The first-order valence-electron chi connectivity index (χ1n) is 20.3. The van der Waals surface area contributed by atoms with E-state index in [-0.39, 0.29) is 5.41 Å². The minimum absolute atomic E-state index is 0.168. The van der Waals surface area contributed by atoms with Crippen molar-refractivity contribution in [2.45, 2.75) is 19.3 Å². The maximum atomic E-state index is 2.57. The van der Waals surface area contributed by atoms with Crippen LogP contribution in [0.4, 0.5) is 17.1 Å². The summed E-state index contributed by atoms with van der Waals surface area (Å²) >= 11 is 0. The molecule has 0 fully saturated rings. The number of benzene rings is 10. The standard InChI is InChI=1S/C57H41N/c1-57(2)53-29-17-16-27-49(53)50-31-30-43(37-54(50)57)58(44-35-41(38-18-6-3-7-19-38)34-42(36-44)39-20-8-4-9-21-39)56-45(40-22-10-5-11-23-40)32-33-52-48-26-13-12-24-46(48)47-25-14-15-28-51(47)55(52)56/h3-37H,1-2H3. The third-order valence-corrected chi connectivity index (χ3v) is 12.4. The van der Waals surface area contributed by atoms with E-state index < -0.39 is 0 Å². The molecule has 1 aliphatic carbocycles. The maximum Gasteiger partial charge on any atom is 0.0624 e. The zero-order valence-electron chi connectivity index (χ0n) is 32.7. The lowest BCUT2D eigenvalue weighted by Crippen LogP contribution is -2.17. The summed E-state index contributed by atoms with van der Waals surface area (Å²) in [5, 5.41) is 7.50. The van der Waals surface area contributed by atoms with Crippen molar-refractivity contribution in [1.82, 2.24) is 0 Å². The van der Waals surface area contributed by atoms with Crippen LogP contribution in [0.25, 0.3) is 76.8 Å². The van der Waals surface area contributed by atoms with Crippen LogP contribution < -0.4 is 4.90 Å². The van der Waals surface area contributed by atoms with Crippen LogP contribution in [0.2, 0.25) is 0 Å². The minimum atomic E-state index is -0.168. The second-order valence-electron chi connectivity index (χ2n) is 16.1. The van der Waals surface area contributed by atoms with Crippen molar-refractivity contribution >= 4 is 49.4 Å². The van der Waals surface area contributed by atoms with Crippen molar-refractivity contribution in [3.05, 3.63) is 223 Å². The minimum Gasteiger partial charge on any atom is -0.309 e. The Morgan fingerprint density at radius 3 is 1.40 bits per heavy atom. The second kappa shape index (κ2) is 13.5. The van der Waals surface area contributed by atoms with Crippen LogP contribution in [0, 0.1) is 0 Å². The lowest BCUT2D eigenvalue weighted by Gasteiger charge is -2.32. The van der Waals surface area contributed by atoms with Crippen LogP contribution in [0.5, 0.6) is 0 Å². The molecule has 1 nitrogen and oxygen atoms in total. The van der Waals surface area contributed by atoms with Crippen LogP contribution in [0.15, 0.2) is 212 Å². The Morgan fingerprint density at radius 1 is 0.310 bits per heavy atom. The van der Waals surface area contributed by atoms with E-state index in [0.717, 1.165) is 11.4 Å². The van der Waals surface area contributed by atoms with Crippen molar-refractivity contribution in [3.8, 4) is 44.5 Å². The van der Waals surface area contributed by atoms with E-state index in [4.69, 9.17) is 0 Å². The highest BCUT2D eigenvalue weighted by atomic mass is 15.1. The smallest absolute Gasteiger partial charge is 0.0624 e. The zero-order valence-corrected chi connectivity index (χ0v) is 32.7.